The molecule has 0 atom stereocenters. The first-order chi connectivity index (χ1) is 25.7. The molecule has 52 heavy (non-hydrogen) atoms. The second-order valence-electron chi connectivity index (χ2n) is 12.7. The molecular weight excluding hydrogens is 657 g/mol. The lowest BCUT2D eigenvalue weighted by Gasteiger charge is -2.11. The van der Waals surface area contributed by atoms with Crippen molar-refractivity contribution in [2.24, 2.45) is 0 Å². The fourth-order valence-electron chi connectivity index (χ4n) is 6.81. The maximum absolute atomic E-state index is 6.12. The van der Waals surface area contributed by atoms with Crippen LogP contribution in [0.2, 0.25) is 0 Å². The van der Waals surface area contributed by atoms with E-state index in [0.717, 1.165) is 70.2 Å². The van der Waals surface area contributed by atoms with E-state index >= 15 is 0 Å². The fraction of sp³-hybridized carbons (Fsp3) is 0. The summed E-state index contributed by atoms with van der Waals surface area (Å²) in [5.74, 6) is 2.49. The number of nitrogens with zero attached hydrogens (tertiary/aromatic N) is 4. The van der Waals surface area contributed by atoms with Gasteiger partial charge in [-0.25, -0.2) is 19.9 Å². The monoisotopic (exact) mass is 684 g/mol. The highest BCUT2D eigenvalue weighted by atomic mass is 32.1. The number of hydrogen-bond donors (Lipinski definition) is 0. The Bertz CT molecular complexity index is 2860. The molecule has 0 saturated heterocycles. The summed E-state index contributed by atoms with van der Waals surface area (Å²) in [7, 11) is 0. The van der Waals surface area contributed by atoms with Crippen molar-refractivity contribution in [3.05, 3.63) is 170 Å². The van der Waals surface area contributed by atoms with Gasteiger partial charge in [-0.1, -0.05) is 133 Å². The van der Waals surface area contributed by atoms with Crippen molar-refractivity contribution >= 4 is 42.6 Å². The van der Waals surface area contributed by atoms with Crippen LogP contribution in [0.4, 0.5) is 0 Å². The zero-order chi connectivity index (χ0) is 34.4. The van der Waals surface area contributed by atoms with Crippen molar-refractivity contribution in [2.45, 2.75) is 0 Å². The molecule has 0 amide bonds. The first-order valence-corrected chi connectivity index (χ1v) is 17.9. The zero-order valence-electron chi connectivity index (χ0n) is 27.8. The molecule has 10 aromatic rings. The molecule has 0 fully saturated rings. The van der Waals surface area contributed by atoms with Crippen molar-refractivity contribution in [3.8, 4) is 67.9 Å². The lowest BCUT2D eigenvalue weighted by molar-refractivity contribution is 0.620. The molecule has 0 aliphatic rings. The summed E-state index contributed by atoms with van der Waals surface area (Å²) in [6.07, 6.45) is 0. The van der Waals surface area contributed by atoms with Crippen molar-refractivity contribution in [1.82, 2.24) is 19.9 Å². The Morgan fingerprint density at radius 1 is 0.385 bits per heavy atom. The van der Waals surface area contributed by atoms with Crippen molar-refractivity contribution < 1.29 is 4.42 Å². The molecule has 0 radical (unpaired) electrons. The topological polar surface area (TPSA) is 64.7 Å². The molecule has 0 aliphatic heterocycles. The third-order valence-electron chi connectivity index (χ3n) is 9.39. The van der Waals surface area contributed by atoms with Gasteiger partial charge in [0.05, 0.1) is 0 Å². The van der Waals surface area contributed by atoms with E-state index in [1.165, 1.54) is 5.56 Å². The molecule has 10 rings (SSSR count). The van der Waals surface area contributed by atoms with Crippen LogP contribution >= 0.6 is 11.3 Å². The minimum absolute atomic E-state index is 0.614. The number of benzene rings is 7. The van der Waals surface area contributed by atoms with Gasteiger partial charge in [0.2, 0.25) is 5.89 Å². The molecule has 0 spiro atoms. The van der Waals surface area contributed by atoms with Gasteiger partial charge in [0.15, 0.2) is 23.1 Å². The average molecular weight is 685 g/mol. The second kappa shape index (κ2) is 12.5. The molecule has 0 N–H and O–H groups in total. The fourth-order valence-corrected chi connectivity index (χ4v) is 7.98. The van der Waals surface area contributed by atoms with Gasteiger partial charge in [-0.15, -0.1) is 11.3 Å². The average Bonchev–Trinajstić information content (AvgIpc) is 3.83. The standard InChI is InChI=1S/C46H28N4OS/c1-3-11-29(12-4-1)31-21-23-32(24-22-31)43-48-44(34-16-9-15-33(27-34)30-13-5-2-6-14-30)50-45(49-43)37-17-10-20-40-42(37)36-26-25-35(28-41(36)52-40)46-47-38-18-7-8-19-39(38)51-46/h1-28H. The normalized spacial score (nSPS) is 11.5. The summed E-state index contributed by atoms with van der Waals surface area (Å²) < 4.78 is 8.42. The van der Waals surface area contributed by atoms with Crippen molar-refractivity contribution in [1.29, 1.82) is 0 Å². The summed E-state index contributed by atoms with van der Waals surface area (Å²) in [6, 6.07) is 58.3. The SMILES string of the molecule is c1ccc(-c2ccc(-c3nc(-c4cccc(-c5ccccc5)c4)nc(-c4cccc5sc6cc(-c7nc8ccccc8o7)ccc6c45)n3)cc2)cc1. The Morgan fingerprint density at radius 2 is 0.981 bits per heavy atom. The van der Waals surface area contributed by atoms with E-state index in [0.29, 0.717) is 23.4 Å². The second-order valence-corrected chi connectivity index (χ2v) is 13.8. The minimum atomic E-state index is 0.614. The van der Waals surface area contributed by atoms with E-state index in [1.807, 2.05) is 36.4 Å². The first kappa shape index (κ1) is 30.1. The molecule has 0 aliphatic carbocycles. The quantitative estimate of drug-likeness (QED) is 0.174. The van der Waals surface area contributed by atoms with Crippen LogP contribution in [0.1, 0.15) is 0 Å². The van der Waals surface area contributed by atoms with Crippen LogP contribution in [0.25, 0.3) is 99.1 Å². The molecule has 244 valence electrons. The smallest absolute Gasteiger partial charge is 0.227 e. The van der Waals surface area contributed by atoms with Gasteiger partial charge in [-0.2, -0.15) is 0 Å². The van der Waals surface area contributed by atoms with Gasteiger partial charge < -0.3 is 4.42 Å². The highest BCUT2D eigenvalue weighted by Gasteiger charge is 2.18. The zero-order valence-corrected chi connectivity index (χ0v) is 28.6. The van der Waals surface area contributed by atoms with Crippen LogP contribution in [0.15, 0.2) is 174 Å². The highest BCUT2D eigenvalue weighted by molar-refractivity contribution is 7.26. The van der Waals surface area contributed by atoms with E-state index in [-0.39, 0.29) is 0 Å². The lowest BCUT2D eigenvalue weighted by Crippen LogP contribution is -2.00. The number of para-hydroxylation sites is 2. The van der Waals surface area contributed by atoms with Gasteiger partial charge >= 0.3 is 0 Å². The van der Waals surface area contributed by atoms with Crippen molar-refractivity contribution in [3.63, 3.8) is 0 Å². The van der Waals surface area contributed by atoms with Gasteiger partial charge in [-0.05, 0) is 58.7 Å². The predicted molar refractivity (Wildman–Crippen MR) is 213 cm³/mol. The van der Waals surface area contributed by atoms with Crippen LogP contribution in [0.3, 0.4) is 0 Å². The Labute approximate surface area is 303 Å². The van der Waals surface area contributed by atoms with E-state index in [2.05, 4.69) is 133 Å². The van der Waals surface area contributed by atoms with Gasteiger partial charge in [0.1, 0.15) is 5.52 Å². The number of thiophene rings is 1. The molecule has 5 nitrogen and oxygen atoms in total. The van der Waals surface area contributed by atoms with Crippen LogP contribution in [-0.2, 0) is 0 Å². The largest absolute Gasteiger partial charge is 0.436 e. The maximum atomic E-state index is 6.12. The first-order valence-electron chi connectivity index (χ1n) is 17.1. The molecule has 3 aromatic heterocycles. The molecule has 3 heterocycles. The van der Waals surface area contributed by atoms with E-state index in [4.69, 9.17) is 24.4 Å². The number of hydrogen-bond acceptors (Lipinski definition) is 6. The summed E-state index contributed by atoms with van der Waals surface area (Å²) in [5.41, 5.74) is 9.94. The Kier molecular flexibility index (Phi) is 7.25. The molecule has 0 unspecified atom stereocenters. The van der Waals surface area contributed by atoms with E-state index < -0.39 is 0 Å². The minimum Gasteiger partial charge on any atom is -0.436 e. The Morgan fingerprint density at radius 3 is 1.77 bits per heavy atom. The third kappa shape index (κ3) is 5.43. The summed E-state index contributed by atoms with van der Waals surface area (Å²) >= 11 is 1.75. The highest BCUT2D eigenvalue weighted by Crippen LogP contribution is 2.41. The molecular formula is C46H28N4OS. The van der Waals surface area contributed by atoms with Gasteiger partial charge in [0.25, 0.3) is 0 Å². The van der Waals surface area contributed by atoms with Crippen LogP contribution < -0.4 is 0 Å². The molecule has 7 aromatic carbocycles. The number of aromatic nitrogens is 4. The van der Waals surface area contributed by atoms with E-state index in [1.54, 1.807) is 11.3 Å². The summed E-state index contributed by atoms with van der Waals surface area (Å²) in [4.78, 5) is 20.2. The number of fused-ring (bicyclic) bond motifs is 4. The van der Waals surface area contributed by atoms with Crippen molar-refractivity contribution in [2.75, 3.05) is 0 Å². The van der Waals surface area contributed by atoms with Crippen LogP contribution in [0, 0.1) is 0 Å². The molecule has 0 saturated carbocycles. The van der Waals surface area contributed by atoms with Gasteiger partial charge in [0, 0.05) is 42.4 Å². The van der Waals surface area contributed by atoms with Crippen LogP contribution in [-0.4, -0.2) is 19.9 Å². The summed E-state index contributed by atoms with van der Waals surface area (Å²) in [5, 5.41) is 2.25. The lowest BCUT2D eigenvalue weighted by atomic mass is 10.0. The number of rotatable bonds is 6. The van der Waals surface area contributed by atoms with Crippen LogP contribution in [0.5, 0.6) is 0 Å². The van der Waals surface area contributed by atoms with E-state index in [9.17, 15) is 0 Å². The molecule has 0 bridgehead atoms. The summed E-state index contributed by atoms with van der Waals surface area (Å²) in [6.45, 7) is 0. The third-order valence-corrected chi connectivity index (χ3v) is 10.5. The number of oxazole rings is 1. The molecule has 6 heteroatoms. The van der Waals surface area contributed by atoms with Gasteiger partial charge in [-0.3, -0.25) is 0 Å². The Balaban J connectivity index is 1.13. The predicted octanol–water partition coefficient (Wildman–Crippen LogP) is 12.4. The Hall–Kier alpha value is -6.76. The maximum Gasteiger partial charge on any atom is 0.227 e.